The molecular weight excluding hydrogens is 312 g/mol. The first-order valence-corrected chi connectivity index (χ1v) is 9.57. The fourth-order valence-corrected chi connectivity index (χ4v) is 3.70. The SMILES string of the molecule is Cn1cc(-c2cc([SiH3])ccc2NCC2CC2)c2ccccc2c1=O. The lowest BCUT2D eigenvalue weighted by Gasteiger charge is -2.16. The lowest BCUT2D eigenvalue weighted by atomic mass is 9.99. The van der Waals surface area contributed by atoms with E-state index in [9.17, 15) is 4.79 Å². The minimum absolute atomic E-state index is 0.0591. The average Bonchev–Trinajstić information content (AvgIpc) is 3.41. The number of fused-ring (bicyclic) bond motifs is 1. The second-order valence-electron chi connectivity index (χ2n) is 6.88. The van der Waals surface area contributed by atoms with E-state index in [2.05, 4.69) is 29.6 Å². The minimum atomic E-state index is 0.0591. The summed E-state index contributed by atoms with van der Waals surface area (Å²) in [6.07, 6.45) is 4.65. The van der Waals surface area contributed by atoms with E-state index < -0.39 is 0 Å². The second-order valence-corrected chi connectivity index (χ2v) is 8.03. The van der Waals surface area contributed by atoms with Crippen LogP contribution in [0.2, 0.25) is 0 Å². The van der Waals surface area contributed by atoms with Crippen molar-refractivity contribution < 1.29 is 0 Å². The van der Waals surface area contributed by atoms with Gasteiger partial charge in [0.15, 0.2) is 0 Å². The first kappa shape index (κ1) is 15.2. The summed E-state index contributed by atoms with van der Waals surface area (Å²) in [5.41, 5.74) is 3.56. The molecule has 2 aromatic carbocycles. The molecule has 0 saturated heterocycles. The largest absolute Gasteiger partial charge is 0.384 e. The van der Waals surface area contributed by atoms with Gasteiger partial charge in [0.25, 0.3) is 5.56 Å². The van der Waals surface area contributed by atoms with E-state index in [1.165, 1.54) is 29.3 Å². The quantitative estimate of drug-likeness (QED) is 0.741. The topological polar surface area (TPSA) is 34.0 Å². The summed E-state index contributed by atoms with van der Waals surface area (Å²) in [5.74, 6) is 0.824. The van der Waals surface area contributed by atoms with Crippen LogP contribution in [0.1, 0.15) is 12.8 Å². The molecule has 3 aromatic rings. The molecule has 122 valence electrons. The molecule has 1 aliphatic carbocycles. The Kier molecular flexibility index (Phi) is 3.77. The van der Waals surface area contributed by atoms with Crippen LogP contribution in [-0.4, -0.2) is 21.4 Å². The van der Waals surface area contributed by atoms with E-state index in [1.54, 1.807) is 4.57 Å². The van der Waals surface area contributed by atoms with Crippen molar-refractivity contribution in [2.45, 2.75) is 12.8 Å². The predicted octanol–water partition coefficient (Wildman–Crippen LogP) is 2.02. The summed E-state index contributed by atoms with van der Waals surface area (Å²) < 4.78 is 1.70. The molecule has 0 amide bonds. The Bertz CT molecular complexity index is 973. The van der Waals surface area contributed by atoms with Crippen molar-refractivity contribution in [1.29, 1.82) is 0 Å². The van der Waals surface area contributed by atoms with Gasteiger partial charge >= 0.3 is 0 Å². The van der Waals surface area contributed by atoms with Crippen LogP contribution in [0.3, 0.4) is 0 Å². The normalized spacial score (nSPS) is 14.2. The maximum Gasteiger partial charge on any atom is 0.258 e. The number of benzene rings is 2. The highest BCUT2D eigenvalue weighted by atomic mass is 28.1. The third-order valence-electron chi connectivity index (χ3n) is 4.83. The van der Waals surface area contributed by atoms with Gasteiger partial charge in [0.1, 0.15) is 0 Å². The number of hydrogen-bond donors (Lipinski definition) is 1. The number of nitrogens with one attached hydrogen (secondary N) is 1. The number of anilines is 1. The highest BCUT2D eigenvalue weighted by molar-refractivity contribution is 6.33. The zero-order chi connectivity index (χ0) is 16.7. The van der Waals surface area contributed by atoms with Crippen LogP contribution in [0.15, 0.2) is 53.5 Å². The Labute approximate surface area is 144 Å². The molecule has 3 nitrogen and oxygen atoms in total. The van der Waals surface area contributed by atoms with Gasteiger partial charge in [0, 0.05) is 52.2 Å². The molecule has 0 spiro atoms. The first-order chi connectivity index (χ1) is 11.6. The molecule has 1 aromatic heterocycles. The Hall–Kier alpha value is -2.33. The van der Waals surface area contributed by atoms with E-state index in [0.29, 0.717) is 0 Å². The Morgan fingerprint density at radius 3 is 2.62 bits per heavy atom. The fraction of sp³-hybridized carbons (Fsp3) is 0.250. The smallest absolute Gasteiger partial charge is 0.258 e. The van der Waals surface area contributed by atoms with E-state index in [0.717, 1.165) is 39.0 Å². The summed E-state index contributed by atoms with van der Waals surface area (Å²) in [4.78, 5) is 12.4. The summed E-state index contributed by atoms with van der Waals surface area (Å²) in [7, 11) is 2.85. The summed E-state index contributed by atoms with van der Waals surface area (Å²) in [6.45, 7) is 1.04. The zero-order valence-electron chi connectivity index (χ0n) is 14.2. The van der Waals surface area contributed by atoms with Gasteiger partial charge in [0.2, 0.25) is 0 Å². The number of hydrogen-bond acceptors (Lipinski definition) is 2. The maximum atomic E-state index is 12.4. The molecule has 0 unspecified atom stereocenters. The average molecular weight is 334 g/mol. The minimum Gasteiger partial charge on any atom is -0.384 e. The van der Waals surface area contributed by atoms with Crippen molar-refractivity contribution in [3.05, 3.63) is 59.0 Å². The molecule has 1 fully saturated rings. The molecule has 1 heterocycles. The van der Waals surface area contributed by atoms with Gasteiger partial charge < -0.3 is 9.88 Å². The standard InChI is InChI=1S/C20H22N2OSi/c1-22-12-18(15-4-2-3-5-16(15)20(22)23)17-10-14(24)8-9-19(17)21-11-13-6-7-13/h2-5,8-10,12-13,21H,6-7,11H2,1,24H3. The number of aryl methyl sites for hydroxylation is 1. The van der Waals surface area contributed by atoms with Crippen LogP contribution < -0.4 is 16.1 Å². The lowest BCUT2D eigenvalue weighted by Crippen LogP contribution is -2.17. The molecule has 0 atom stereocenters. The number of rotatable bonds is 4. The molecule has 24 heavy (non-hydrogen) atoms. The van der Waals surface area contributed by atoms with Gasteiger partial charge in [-0.1, -0.05) is 35.5 Å². The van der Waals surface area contributed by atoms with E-state index in [1.807, 2.05) is 31.4 Å². The van der Waals surface area contributed by atoms with Crippen molar-refractivity contribution in [2.75, 3.05) is 11.9 Å². The van der Waals surface area contributed by atoms with E-state index >= 15 is 0 Å². The van der Waals surface area contributed by atoms with Crippen molar-refractivity contribution >= 4 is 31.9 Å². The summed E-state index contributed by atoms with van der Waals surface area (Å²) >= 11 is 0. The van der Waals surface area contributed by atoms with Gasteiger partial charge in [-0.05, 0) is 36.3 Å². The van der Waals surface area contributed by atoms with Crippen LogP contribution in [0, 0.1) is 5.92 Å². The Morgan fingerprint density at radius 1 is 1.12 bits per heavy atom. The highest BCUT2D eigenvalue weighted by Crippen LogP contribution is 2.34. The van der Waals surface area contributed by atoms with Crippen LogP contribution in [0.25, 0.3) is 21.9 Å². The van der Waals surface area contributed by atoms with Crippen molar-refractivity contribution in [2.24, 2.45) is 13.0 Å². The number of aromatic nitrogens is 1. The van der Waals surface area contributed by atoms with Crippen LogP contribution in [0.5, 0.6) is 0 Å². The van der Waals surface area contributed by atoms with Crippen LogP contribution >= 0.6 is 0 Å². The summed E-state index contributed by atoms with van der Waals surface area (Å²) in [5, 5.41) is 6.80. The monoisotopic (exact) mass is 334 g/mol. The molecule has 1 saturated carbocycles. The number of pyridine rings is 1. The maximum absolute atomic E-state index is 12.4. The van der Waals surface area contributed by atoms with Crippen molar-refractivity contribution in [3.8, 4) is 11.1 Å². The molecule has 0 radical (unpaired) electrons. The van der Waals surface area contributed by atoms with Crippen molar-refractivity contribution in [1.82, 2.24) is 4.57 Å². The molecule has 0 bridgehead atoms. The Morgan fingerprint density at radius 2 is 1.88 bits per heavy atom. The first-order valence-electron chi connectivity index (χ1n) is 8.57. The molecule has 1 N–H and O–H groups in total. The predicted molar refractivity (Wildman–Crippen MR) is 105 cm³/mol. The lowest BCUT2D eigenvalue weighted by molar-refractivity contribution is 0.874. The third-order valence-corrected chi connectivity index (χ3v) is 5.46. The van der Waals surface area contributed by atoms with Crippen LogP contribution in [0.4, 0.5) is 5.69 Å². The van der Waals surface area contributed by atoms with E-state index in [-0.39, 0.29) is 5.56 Å². The molecule has 0 aliphatic heterocycles. The number of nitrogens with zero attached hydrogens (tertiary/aromatic N) is 1. The molecule has 4 heteroatoms. The molecule has 4 rings (SSSR count). The van der Waals surface area contributed by atoms with E-state index in [4.69, 9.17) is 0 Å². The fourth-order valence-electron chi connectivity index (χ4n) is 3.24. The summed E-state index contributed by atoms with van der Waals surface area (Å²) in [6, 6.07) is 14.6. The van der Waals surface area contributed by atoms with Gasteiger partial charge in [-0.2, -0.15) is 0 Å². The highest BCUT2D eigenvalue weighted by Gasteiger charge is 2.21. The molecule has 1 aliphatic rings. The third kappa shape index (κ3) is 2.78. The second kappa shape index (κ2) is 5.95. The van der Waals surface area contributed by atoms with Gasteiger partial charge in [-0.3, -0.25) is 4.79 Å². The molecular formula is C20H22N2OSi. The van der Waals surface area contributed by atoms with Gasteiger partial charge in [-0.25, -0.2) is 0 Å². The zero-order valence-corrected chi connectivity index (χ0v) is 16.2. The van der Waals surface area contributed by atoms with Gasteiger partial charge in [0.05, 0.1) is 0 Å². The Balaban J connectivity index is 1.92. The van der Waals surface area contributed by atoms with Crippen LogP contribution in [-0.2, 0) is 7.05 Å². The van der Waals surface area contributed by atoms with Crippen molar-refractivity contribution in [3.63, 3.8) is 0 Å². The van der Waals surface area contributed by atoms with Gasteiger partial charge in [-0.15, -0.1) is 0 Å².